The second-order valence-electron chi connectivity index (χ2n) is 2.78. The summed E-state index contributed by atoms with van der Waals surface area (Å²) >= 11 is 0. The van der Waals surface area contributed by atoms with E-state index in [1.54, 1.807) is 0 Å². The van der Waals surface area contributed by atoms with E-state index in [1.807, 2.05) is 18.2 Å². The van der Waals surface area contributed by atoms with Gasteiger partial charge in [0.05, 0.1) is 37.2 Å². The lowest BCUT2D eigenvalue weighted by Gasteiger charge is -1.98. The zero-order chi connectivity index (χ0) is 11.3. The van der Waals surface area contributed by atoms with Gasteiger partial charge in [-0.3, -0.25) is 0 Å². The number of aryl methyl sites for hydroxylation is 1. The molecule has 0 unspecified atom stereocenters. The third-order valence-electron chi connectivity index (χ3n) is 1.86. The lowest BCUT2D eigenvalue weighted by Crippen LogP contribution is -2.04. The minimum absolute atomic E-state index is 0.0483. The van der Waals surface area contributed by atoms with E-state index in [-0.39, 0.29) is 24.2 Å². The molecule has 1 rings (SSSR count). The molecule has 6 heteroatoms. The van der Waals surface area contributed by atoms with Crippen LogP contribution in [0.15, 0.2) is 0 Å². The second-order valence-corrected chi connectivity index (χ2v) is 2.78. The fourth-order valence-electron chi connectivity index (χ4n) is 1.17. The van der Waals surface area contributed by atoms with Crippen molar-refractivity contribution in [2.24, 2.45) is 0 Å². The molecule has 0 spiro atoms. The minimum atomic E-state index is 0.0483. The van der Waals surface area contributed by atoms with Gasteiger partial charge in [-0.2, -0.15) is 20.9 Å². The molecule has 6 nitrogen and oxygen atoms in total. The molecule has 0 fully saturated rings. The Morgan fingerprint density at radius 1 is 1.27 bits per heavy atom. The zero-order valence-corrected chi connectivity index (χ0v) is 7.93. The van der Waals surface area contributed by atoms with Crippen molar-refractivity contribution in [3.8, 4) is 18.2 Å². The summed E-state index contributed by atoms with van der Waals surface area (Å²) in [5.74, 6) is 0.220. The lowest BCUT2D eigenvalue weighted by atomic mass is 10.2. The van der Waals surface area contributed by atoms with E-state index in [1.165, 1.54) is 4.68 Å². The number of nitrogen functional groups attached to an aromatic ring is 1. The summed E-state index contributed by atoms with van der Waals surface area (Å²) < 4.78 is 1.38. The van der Waals surface area contributed by atoms with Crippen LogP contribution < -0.4 is 5.73 Å². The van der Waals surface area contributed by atoms with E-state index in [0.717, 1.165) is 0 Å². The minimum Gasteiger partial charge on any atom is -0.383 e. The Hall–Kier alpha value is -2.52. The van der Waals surface area contributed by atoms with E-state index < -0.39 is 0 Å². The Morgan fingerprint density at radius 2 is 2.00 bits per heavy atom. The molecule has 2 N–H and O–H groups in total. The predicted octanol–water partition coefficient (Wildman–Crippen LogP) is 0.317. The summed E-state index contributed by atoms with van der Waals surface area (Å²) in [6.07, 6.45) is 0.315. The normalized spacial score (nSPS) is 8.87. The fourth-order valence-corrected chi connectivity index (χ4v) is 1.17. The average molecular weight is 200 g/mol. The quantitative estimate of drug-likeness (QED) is 0.754. The highest BCUT2D eigenvalue weighted by molar-refractivity contribution is 5.52. The van der Waals surface area contributed by atoms with Gasteiger partial charge in [-0.05, 0) is 0 Å². The lowest BCUT2D eigenvalue weighted by molar-refractivity contribution is 0.629. The first-order valence-electron chi connectivity index (χ1n) is 4.23. The molecule has 0 bridgehead atoms. The number of nitrogens with zero attached hydrogens (tertiary/aromatic N) is 5. The molecule has 0 aromatic carbocycles. The van der Waals surface area contributed by atoms with Crippen LogP contribution in [-0.2, 0) is 13.0 Å². The third kappa shape index (κ3) is 2.04. The molecule has 0 radical (unpaired) electrons. The van der Waals surface area contributed by atoms with Crippen molar-refractivity contribution in [3.63, 3.8) is 0 Å². The average Bonchev–Trinajstić information content (AvgIpc) is 2.52. The van der Waals surface area contributed by atoms with E-state index in [0.29, 0.717) is 12.2 Å². The molecular formula is C9H8N6. The molecule has 0 saturated carbocycles. The molecule has 0 amide bonds. The Morgan fingerprint density at radius 3 is 2.53 bits per heavy atom. The molecule has 0 atom stereocenters. The first-order chi connectivity index (χ1) is 7.24. The summed E-state index contributed by atoms with van der Waals surface area (Å²) in [4.78, 5) is 0. The summed E-state index contributed by atoms with van der Waals surface area (Å²) in [7, 11) is 0. The summed E-state index contributed by atoms with van der Waals surface area (Å²) in [5, 5.41) is 29.7. The number of aromatic nitrogens is 2. The first-order valence-corrected chi connectivity index (χ1v) is 4.23. The van der Waals surface area contributed by atoms with Crippen molar-refractivity contribution in [1.29, 1.82) is 15.8 Å². The highest BCUT2D eigenvalue weighted by Crippen LogP contribution is 2.16. The van der Waals surface area contributed by atoms with Gasteiger partial charge in [0.15, 0.2) is 0 Å². The number of nitriles is 3. The van der Waals surface area contributed by atoms with Gasteiger partial charge in [-0.25, -0.2) is 4.68 Å². The van der Waals surface area contributed by atoms with Gasteiger partial charge in [-0.1, -0.05) is 0 Å². The number of hydrogen-bond acceptors (Lipinski definition) is 5. The van der Waals surface area contributed by atoms with Crippen LogP contribution in [0.3, 0.4) is 0 Å². The van der Waals surface area contributed by atoms with Crippen LogP contribution in [0.2, 0.25) is 0 Å². The largest absolute Gasteiger partial charge is 0.383 e. The first kappa shape index (κ1) is 10.6. The monoisotopic (exact) mass is 200 g/mol. The Bertz CT molecular complexity index is 478. The highest BCUT2D eigenvalue weighted by atomic mass is 15.3. The van der Waals surface area contributed by atoms with Gasteiger partial charge in [0.1, 0.15) is 17.5 Å². The van der Waals surface area contributed by atoms with Crippen molar-refractivity contribution in [3.05, 3.63) is 11.3 Å². The fraction of sp³-hybridized carbons (Fsp3) is 0.333. The van der Waals surface area contributed by atoms with Crippen molar-refractivity contribution >= 4 is 5.82 Å². The predicted molar refractivity (Wildman–Crippen MR) is 50.9 cm³/mol. The molecule has 1 aromatic heterocycles. The van der Waals surface area contributed by atoms with Crippen molar-refractivity contribution < 1.29 is 0 Å². The SMILES string of the molecule is N#CCCn1nc(CC#N)c(C#N)c1N. The number of nitrogens with two attached hydrogens (primary N) is 1. The highest BCUT2D eigenvalue weighted by Gasteiger charge is 2.14. The number of anilines is 1. The molecule has 74 valence electrons. The Balaban J connectivity index is 3.07. The molecule has 15 heavy (non-hydrogen) atoms. The summed E-state index contributed by atoms with van der Waals surface area (Å²) in [5.41, 5.74) is 6.25. The van der Waals surface area contributed by atoms with Crippen molar-refractivity contribution in [2.75, 3.05) is 5.73 Å². The van der Waals surface area contributed by atoms with Crippen LogP contribution in [0, 0.1) is 34.0 Å². The molecular weight excluding hydrogens is 192 g/mol. The van der Waals surface area contributed by atoms with Gasteiger partial charge < -0.3 is 5.73 Å². The molecule has 0 aliphatic rings. The van der Waals surface area contributed by atoms with Gasteiger partial charge in [0.2, 0.25) is 0 Å². The zero-order valence-electron chi connectivity index (χ0n) is 7.93. The van der Waals surface area contributed by atoms with Gasteiger partial charge in [0.25, 0.3) is 0 Å². The van der Waals surface area contributed by atoms with Gasteiger partial charge >= 0.3 is 0 Å². The van der Waals surface area contributed by atoms with E-state index in [2.05, 4.69) is 5.10 Å². The molecule has 0 saturated heterocycles. The van der Waals surface area contributed by atoms with Gasteiger partial charge in [0, 0.05) is 0 Å². The van der Waals surface area contributed by atoms with E-state index in [9.17, 15) is 0 Å². The van der Waals surface area contributed by atoms with E-state index in [4.69, 9.17) is 21.5 Å². The van der Waals surface area contributed by atoms with Crippen LogP contribution in [0.4, 0.5) is 5.82 Å². The second kappa shape index (κ2) is 4.64. The topological polar surface area (TPSA) is 115 Å². The third-order valence-corrected chi connectivity index (χ3v) is 1.86. The van der Waals surface area contributed by atoms with E-state index >= 15 is 0 Å². The van der Waals surface area contributed by atoms with Crippen molar-refractivity contribution in [1.82, 2.24) is 9.78 Å². The van der Waals surface area contributed by atoms with Crippen molar-refractivity contribution in [2.45, 2.75) is 19.4 Å². The molecule has 0 aliphatic carbocycles. The summed E-state index contributed by atoms with van der Waals surface area (Å²) in [6.45, 7) is 0.336. The van der Waals surface area contributed by atoms with Crippen LogP contribution >= 0.6 is 0 Å². The number of hydrogen-bond donors (Lipinski definition) is 1. The van der Waals surface area contributed by atoms with Crippen LogP contribution in [0.1, 0.15) is 17.7 Å². The smallest absolute Gasteiger partial charge is 0.140 e. The van der Waals surface area contributed by atoms with Gasteiger partial charge in [-0.15, -0.1) is 0 Å². The summed E-state index contributed by atoms with van der Waals surface area (Å²) in [6, 6.07) is 5.77. The van der Waals surface area contributed by atoms with Crippen LogP contribution in [0.25, 0.3) is 0 Å². The Kier molecular flexibility index (Phi) is 3.27. The maximum atomic E-state index is 8.81. The maximum Gasteiger partial charge on any atom is 0.140 e. The van der Waals surface area contributed by atoms with Crippen LogP contribution in [-0.4, -0.2) is 9.78 Å². The molecule has 1 heterocycles. The Labute approximate surface area is 86.7 Å². The molecule has 1 aromatic rings. The standard InChI is InChI=1S/C9H8N6/c10-3-1-5-15-9(13)7(6-12)8(14-15)2-4-11/h1-2,5,13H2. The molecule has 0 aliphatic heterocycles. The maximum absolute atomic E-state index is 8.81. The van der Waals surface area contributed by atoms with Crippen LogP contribution in [0.5, 0.6) is 0 Å². The number of rotatable bonds is 3.